The molecule has 0 unspecified atom stereocenters. The molecule has 0 aliphatic rings. The number of rotatable bonds is 5. The molecule has 234 valence electrons. The van der Waals surface area contributed by atoms with Crippen LogP contribution in [0.4, 0.5) is 0 Å². The molecule has 0 aliphatic carbocycles. The van der Waals surface area contributed by atoms with Crippen LogP contribution in [0.1, 0.15) is 0 Å². The van der Waals surface area contributed by atoms with Crippen LogP contribution in [0.15, 0.2) is 167 Å². The Balaban J connectivity index is 1.04. The second kappa shape index (κ2) is 11.4. The highest BCUT2D eigenvalue weighted by molar-refractivity contribution is 6.09. The van der Waals surface area contributed by atoms with Gasteiger partial charge in [-0.25, -0.2) is 19.9 Å². The van der Waals surface area contributed by atoms with Crippen molar-refractivity contribution in [2.24, 2.45) is 0 Å². The third-order valence-corrected chi connectivity index (χ3v) is 9.19. The summed E-state index contributed by atoms with van der Waals surface area (Å²) in [4.78, 5) is 19.7. The Morgan fingerprint density at radius 2 is 0.880 bits per heavy atom. The molecule has 0 N–H and O–H groups in total. The van der Waals surface area contributed by atoms with Crippen molar-refractivity contribution in [2.45, 2.75) is 0 Å². The van der Waals surface area contributed by atoms with Gasteiger partial charge in [0.05, 0.1) is 0 Å². The van der Waals surface area contributed by atoms with Gasteiger partial charge in [0, 0.05) is 39.1 Å². The average molecular weight is 643 g/mol. The van der Waals surface area contributed by atoms with Gasteiger partial charge in [0.2, 0.25) is 5.89 Å². The Kier molecular flexibility index (Phi) is 6.39. The lowest BCUT2D eigenvalue weighted by atomic mass is 9.94. The molecule has 0 atom stereocenters. The summed E-state index contributed by atoms with van der Waals surface area (Å²) in [6, 6.07) is 53.2. The summed E-state index contributed by atoms with van der Waals surface area (Å²) in [6.45, 7) is 0. The minimum absolute atomic E-state index is 0.571. The molecular formula is C44H26N4O2. The van der Waals surface area contributed by atoms with Gasteiger partial charge >= 0.3 is 0 Å². The highest BCUT2D eigenvalue weighted by Crippen LogP contribution is 2.38. The van der Waals surface area contributed by atoms with E-state index in [2.05, 4.69) is 66.7 Å². The fourth-order valence-electron chi connectivity index (χ4n) is 6.74. The van der Waals surface area contributed by atoms with Crippen molar-refractivity contribution in [3.63, 3.8) is 0 Å². The van der Waals surface area contributed by atoms with Gasteiger partial charge in [-0.05, 0) is 52.2 Å². The molecule has 3 heterocycles. The summed E-state index contributed by atoms with van der Waals surface area (Å²) < 4.78 is 12.3. The molecular weight excluding hydrogens is 617 g/mol. The number of hydrogen-bond acceptors (Lipinski definition) is 6. The highest BCUT2D eigenvalue weighted by atomic mass is 16.4. The number of benzene rings is 7. The van der Waals surface area contributed by atoms with Crippen LogP contribution in [-0.2, 0) is 0 Å². The van der Waals surface area contributed by atoms with E-state index in [0.29, 0.717) is 28.9 Å². The minimum atomic E-state index is 0.571. The molecule has 0 saturated heterocycles. The summed E-state index contributed by atoms with van der Waals surface area (Å²) in [5, 5.41) is 4.27. The van der Waals surface area contributed by atoms with Crippen LogP contribution < -0.4 is 0 Å². The van der Waals surface area contributed by atoms with E-state index in [0.717, 1.165) is 71.6 Å². The summed E-state index contributed by atoms with van der Waals surface area (Å²) in [5.41, 5.74) is 9.07. The summed E-state index contributed by atoms with van der Waals surface area (Å²) >= 11 is 0. The maximum Gasteiger partial charge on any atom is 0.227 e. The van der Waals surface area contributed by atoms with Crippen molar-refractivity contribution in [3.05, 3.63) is 158 Å². The number of fused-ring (bicyclic) bond motifs is 5. The van der Waals surface area contributed by atoms with Crippen LogP contribution in [0.5, 0.6) is 0 Å². The zero-order valence-electron chi connectivity index (χ0n) is 26.6. The third kappa shape index (κ3) is 4.73. The molecule has 0 bridgehead atoms. The zero-order valence-corrected chi connectivity index (χ0v) is 26.6. The summed E-state index contributed by atoms with van der Waals surface area (Å²) in [7, 11) is 0. The first kappa shape index (κ1) is 28.1. The van der Waals surface area contributed by atoms with Gasteiger partial charge in [-0.15, -0.1) is 0 Å². The van der Waals surface area contributed by atoms with Crippen LogP contribution in [0.2, 0.25) is 0 Å². The smallest absolute Gasteiger partial charge is 0.227 e. The first-order valence-corrected chi connectivity index (χ1v) is 16.5. The van der Waals surface area contributed by atoms with Crippen molar-refractivity contribution in [1.82, 2.24) is 19.9 Å². The number of nitrogens with zero attached hydrogens (tertiary/aromatic N) is 4. The number of furan rings is 1. The Labute approximate surface area is 286 Å². The van der Waals surface area contributed by atoms with E-state index in [9.17, 15) is 0 Å². The van der Waals surface area contributed by atoms with E-state index >= 15 is 0 Å². The van der Waals surface area contributed by atoms with E-state index in [-0.39, 0.29) is 0 Å². The molecule has 7 aromatic carbocycles. The number of hydrogen-bond donors (Lipinski definition) is 0. The predicted molar refractivity (Wildman–Crippen MR) is 199 cm³/mol. The molecule has 0 fully saturated rings. The number of aromatic nitrogens is 4. The molecule has 10 rings (SSSR count). The van der Waals surface area contributed by atoms with E-state index < -0.39 is 0 Å². The maximum atomic E-state index is 6.23. The average Bonchev–Trinajstić information content (AvgIpc) is 3.77. The van der Waals surface area contributed by atoms with Gasteiger partial charge < -0.3 is 8.83 Å². The lowest BCUT2D eigenvalue weighted by molar-refractivity contribution is 0.617. The van der Waals surface area contributed by atoms with Crippen LogP contribution in [-0.4, -0.2) is 19.9 Å². The van der Waals surface area contributed by atoms with Gasteiger partial charge in [-0.1, -0.05) is 121 Å². The normalized spacial score (nSPS) is 11.6. The highest BCUT2D eigenvalue weighted by Gasteiger charge is 2.17. The lowest BCUT2D eigenvalue weighted by Gasteiger charge is -2.13. The second-order valence-electron chi connectivity index (χ2n) is 12.3. The van der Waals surface area contributed by atoms with E-state index in [1.165, 1.54) is 0 Å². The van der Waals surface area contributed by atoms with Crippen LogP contribution in [0, 0.1) is 0 Å². The van der Waals surface area contributed by atoms with Gasteiger partial charge in [-0.3, -0.25) is 0 Å². The molecule has 3 aromatic heterocycles. The van der Waals surface area contributed by atoms with Gasteiger partial charge in [0.25, 0.3) is 0 Å². The third-order valence-electron chi connectivity index (χ3n) is 9.19. The molecule has 0 radical (unpaired) electrons. The molecule has 0 aliphatic heterocycles. The monoisotopic (exact) mass is 642 g/mol. The number of oxazole rings is 1. The molecule has 6 heteroatoms. The van der Waals surface area contributed by atoms with Gasteiger partial charge in [0.15, 0.2) is 23.1 Å². The first-order chi connectivity index (χ1) is 24.7. The Bertz CT molecular complexity index is 2800. The SMILES string of the molecule is c1ccc(-c2nc(-c3ccccc3)nc(-c3ccc(-c4ccc(-c5nc6cc7c(cc6o5)oc5ccccc57)cc4)c4ccccc34)n2)cc1. The van der Waals surface area contributed by atoms with Gasteiger partial charge in [-0.2, -0.15) is 0 Å². The molecule has 0 amide bonds. The summed E-state index contributed by atoms with van der Waals surface area (Å²) in [6.07, 6.45) is 0. The molecule has 6 nitrogen and oxygen atoms in total. The molecule has 50 heavy (non-hydrogen) atoms. The standard InChI is InChI=1S/C44H26N4O2/c1-3-11-28(12-4-1)41-46-42(29-13-5-2-6-14-29)48-43(47-41)35-24-23-31(32-15-7-8-16-33(32)35)27-19-21-30(22-20-27)44-45-37-25-36-34-17-9-10-18-38(34)49-39(36)26-40(37)50-44/h1-26H. The van der Waals surface area contributed by atoms with Crippen molar-refractivity contribution in [1.29, 1.82) is 0 Å². The summed E-state index contributed by atoms with van der Waals surface area (Å²) in [5.74, 6) is 2.48. The topological polar surface area (TPSA) is 77.8 Å². The Hall–Kier alpha value is -6.92. The maximum absolute atomic E-state index is 6.23. The fourth-order valence-corrected chi connectivity index (χ4v) is 6.74. The van der Waals surface area contributed by atoms with E-state index in [4.69, 9.17) is 28.8 Å². The predicted octanol–water partition coefficient (Wildman–Crippen LogP) is 11.4. The second-order valence-corrected chi connectivity index (χ2v) is 12.3. The molecule has 10 aromatic rings. The van der Waals surface area contributed by atoms with Crippen molar-refractivity contribution < 1.29 is 8.83 Å². The van der Waals surface area contributed by atoms with Crippen molar-refractivity contribution >= 4 is 43.8 Å². The lowest BCUT2D eigenvalue weighted by Crippen LogP contribution is -2.00. The van der Waals surface area contributed by atoms with E-state index in [1.807, 2.05) is 91.0 Å². The van der Waals surface area contributed by atoms with E-state index in [1.54, 1.807) is 0 Å². The van der Waals surface area contributed by atoms with Crippen LogP contribution in [0.3, 0.4) is 0 Å². The quantitative estimate of drug-likeness (QED) is 0.186. The largest absolute Gasteiger partial charge is 0.456 e. The van der Waals surface area contributed by atoms with Crippen molar-refractivity contribution in [3.8, 4) is 56.7 Å². The van der Waals surface area contributed by atoms with Crippen molar-refractivity contribution in [2.75, 3.05) is 0 Å². The first-order valence-electron chi connectivity index (χ1n) is 16.5. The van der Waals surface area contributed by atoms with Crippen LogP contribution >= 0.6 is 0 Å². The Morgan fingerprint density at radius 1 is 0.320 bits per heavy atom. The Morgan fingerprint density at radius 3 is 1.58 bits per heavy atom. The molecule has 0 saturated carbocycles. The minimum Gasteiger partial charge on any atom is -0.456 e. The van der Waals surface area contributed by atoms with Crippen LogP contribution in [0.25, 0.3) is 101 Å². The molecule has 0 spiro atoms. The number of para-hydroxylation sites is 1. The zero-order chi connectivity index (χ0) is 33.0. The fraction of sp³-hybridized carbons (Fsp3) is 0. The van der Waals surface area contributed by atoms with Gasteiger partial charge in [0.1, 0.15) is 16.7 Å².